The highest BCUT2D eigenvalue weighted by molar-refractivity contribution is 7.92. The number of hydrogen-bond donors (Lipinski definition) is 1. The van der Waals surface area contributed by atoms with Crippen molar-refractivity contribution in [2.24, 2.45) is 0 Å². The number of anilines is 1. The molecule has 0 aliphatic rings. The summed E-state index contributed by atoms with van der Waals surface area (Å²) in [5, 5.41) is 2.61. The van der Waals surface area contributed by atoms with Crippen LogP contribution in [0.2, 0.25) is 0 Å². The summed E-state index contributed by atoms with van der Waals surface area (Å²) in [5.41, 5.74) is 0.726. The summed E-state index contributed by atoms with van der Waals surface area (Å²) in [6.07, 6.45) is 0. The Kier molecular flexibility index (Phi) is 7.17. The zero-order valence-corrected chi connectivity index (χ0v) is 16.9. The maximum Gasteiger partial charge on any atom is 0.338 e. The van der Waals surface area contributed by atoms with Crippen molar-refractivity contribution in [3.63, 3.8) is 0 Å². The number of rotatable bonds is 8. The van der Waals surface area contributed by atoms with Gasteiger partial charge in [0.2, 0.25) is 0 Å². The number of nitrogens with one attached hydrogen (secondary N) is 1. The molecule has 0 bridgehead atoms. The van der Waals surface area contributed by atoms with Crippen molar-refractivity contribution in [1.29, 1.82) is 0 Å². The molecular weight excluding hydrogens is 380 g/mol. The number of ether oxygens (including phenoxy) is 1. The van der Waals surface area contributed by atoms with E-state index < -0.39 is 28.5 Å². The molecule has 0 heterocycles. The lowest BCUT2D eigenvalue weighted by atomic mass is 10.2. The van der Waals surface area contributed by atoms with Gasteiger partial charge in [0.25, 0.3) is 15.9 Å². The number of hydrogen-bond acceptors (Lipinski definition) is 5. The number of carbonyl (C=O) groups excluding carboxylic acids is 2. The van der Waals surface area contributed by atoms with E-state index in [1.54, 1.807) is 45.0 Å². The van der Waals surface area contributed by atoms with Gasteiger partial charge in [-0.25, -0.2) is 13.2 Å². The third-order valence-corrected chi connectivity index (χ3v) is 5.71. The van der Waals surface area contributed by atoms with E-state index in [1.807, 2.05) is 6.07 Å². The smallest absolute Gasteiger partial charge is 0.338 e. The number of amides is 1. The SMILES string of the molecule is CCN(c1ccccc1)S(=O)(=O)c1ccc(C(=O)OCC(=O)NC(C)C)cc1. The van der Waals surface area contributed by atoms with E-state index in [0.717, 1.165) is 0 Å². The van der Waals surface area contributed by atoms with Crippen molar-refractivity contribution in [2.75, 3.05) is 17.5 Å². The molecule has 0 aromatic heterocycles. The summed E-state index contributed by atoms with van der Waals surface area (Å²) in [7, 11) is -3.77. The molecule has 0 spiro atoms. The molecule has 2 aromatic rings. The first-order chi connectivity index (χ1) is 13.3. The minimum atomic E-state index is -3.77. The molecule has 7 nitrogen and oxygen atoms in total. The zero-order chi connectivity index (χ0) is 20.7. The number of carbonyl (C=O) groups is 2. The van der Waals surface area contributed by atoms with Gasteiger partial charge in [-0.1, -0.05) is 18.2 Å². The van der Waals surface area contributed by atoms with Crippen LogP contribution >= 0.6 is 0 Å². The number of esters is 1. The predicted octanol–water partition coefficient (Wildman–Crippen LogP) is 2.58. The van der Waals surface area contributed by atoms with Crippen LogP contribution in [0, 0.1) is 0 Å². The number of para-hydroxylation sites is 1. The Morgan fingerprint density at radius 1 is 1.04 bits per heavy atom. The Labute approximate surface area is 165 Å². The maximum atomic E-state index is 12.9. The van der Waals surface area contributed by atoms with E-state index in [0.29, 0.717) is 5.69 Å². The monoisotopic (exact) mass is 404 g/mol. The summed E-state index contributed by atoms with van der Waals surface area (Å²) in [4.78, 5) is 23.7. The first kappa shape index (κ1) is 21.4. The van der Waals surface area contributed by atoms with Crippen LogP contribution in [-0.2, 0) is 19.6 Å². The highest BCUT2D eigenvalue weighted by Crippen LogP contribution is 2.23. The van der Waals surface area contributed by atoms with Crippen molar-refractivity contribution in [2.45, 2.75) is 31.7 Å². The van der Waals surface area contributed by atoms with Gasteiger partial charge in [-0.2, -0.15) is 0 Å². The van der Waals surface area contributed by atoms with Gasteiger partial charge in [0.15, 0.2) is 6.61 Å². The fraction of sp³-hybridized carbons (Fsp3) is 0.300. The average Bonchev–Trinajstić information content (AvgIpc) is 2.67. The molecular formula is C20H24N2O5S. The van der Waals surface area contributed by atoms with Gasteiger partial charge in [-0.3, -0.25) is 9.10 Å². The molecule has 0 saturated carbocycles. The van der Waals surface area contributed by atoms with Crippen LogP contribution in [0.3, 0.4) is 0 Å². The van der Waals surface area contributed by atoms with Crippen molar-refractivity contribution in [1.82, 2.24) is 5.32 Å². The third kappa shape index (κ3) is 5.32. The van der Waals surface area contributed by atoms with Crippen molar-refractivity contribution < 1.29 is 22.7 Å². The molecule has 0 radical (unpaired) electrons. The van der Waals surface area contributed by atoms with Gasteiger partial charge in [0.1, 0.15) is 0 Å². The van der Waals surface area contributed by atoms with E-state index in [9.17, 15) is 18.0 Å². The van der Waals surface area contributed by atoms with Crippen molar-refractivity contribution in [3.8, 4) is 0 Å². The molecule has 0 aliphatic heterocycles. The van der Waals surface area contributed by atoms with Gasteiger partial charge >= 0.3 is 5.97 Å². The lowest BCUT2D eigenvalue weighted by Gasteiger charge is -2.22. The molecule has 0 saturated heterocycles. The minimum absolute atomic E-state index is 0.0539. The van der Waals surface area contributed by atoms with Crippen LogP contribution in [0.1, 0.15) is 31.1 Å². The summed E-state index contributed by atoms with van der Waals surface area (Å²) < 4.78 is 32.1. The average molecular weight is 404 g/mol. The van der Waals surface area contributed by atoms with Gasteiger partial charge in [-0.05, 0) is 57.2 Å². The van der Waals surface area contributed by atoms with E-state index in [2.05, 4.69) is 5.32 Å². The molecule has 0 fully saturated rings. The number of nitrogens with zero attached hydrogens (tertiary/aromatic N) is 1. The van der Waals surface area contributed by atoms with Crippen molar-refractivity contribution in [3.05, 3.63) is 60.2 Å². The molecule has 8 heteroatoms. The summed E-state index contributed by atoms with van der Waals surface area (Å²) in [6, 6.07) is 14.2. The van der Waals surface area contributed by atoms with Gasteiger partial charge < -0.3 is 10.1 Å². The van der Waals surface area contributed by atoms with E-state index in [-0.39, 0.29) is 23.0 Å². The maximum absolute atomic E-state index is 12.9. The molecule has 1 N–H and O–H groups in total. The molecule has 2 rings (SSSR count). The quantitative estimate of drug-likeness (QED) is 0.683. The predicted molar refractivity (Wildman–Crippen MR) is 107 cm³/mol. The zero-order valence-electron chi connectivity index (χ0n) is 16.1. The molecule has 1 amide bonds. The Balaban J connectivity index is 2.12. The number of sulfonamides is 1. The molecule has 150 valence electrons. The Hall–Kier alpha value is -2.87. The van der Waals surface area contributed by atoms with Crippen LogP contribution in [0.5, 0.6) is 0 Å². The lowest BCUT2D eigenvalue weighted by Crippen LogP contribution is -2.34. The minimum Gasteiger partial charge on any atom is -0.452 e. The van der Waals surface area contributed by atoms with Gasteiger partial charge in [0.05, 0.1) is 16.1 Å². The third-order valence-electron chi connectivity index (χ3n) is 3.79. The van der Waals surface area contributed by atoms with Crippen LogP contribution in [-0.4, -0.2) is 39.5 Å². The Morgan fingerprint density at radius 2 is 1.64 bits per heavy atom. The van der Waals surface area contributed by atoms with Crippen LogP contribution < -0.4 is 9.62 Å². The van der Waals surface area contributed by atoms with Crippen molar-refractivity contribution >= 4 is 27.6 Å². The van der Waals surface area contributed by atoms with Gasteiger partial charge in [0, 0.05) is 12.6 Å². The molecule has 0 aliphatic carbocycles. The molecule has 0 unspecified atom stereocenters. The highest BCUT2D eigenvalue weighted by Gasteiger charge is 2.24. The number of benzene rings is 2. The lowest BCUT2D eigenvalue weighted by molar-refractivity contribution is -0.124. The highest BCUT2D eigenvalue weighted by atomic mass is 32.2. The Bertz CT molecular complexity index is 909. The summed E-state index contributed by atoms with van der Waals surface area (Å²) in [5.74, 6) is -1.10. The van der Waals surface area contributed by atoms with Crippen LogP contribution in [0.15, 0.2) is 59.5 Å². The first-order valence-electron chi connectivity index (χ1n) is 8.90. The summed E-state index contributed by atoms with van der Waals surface area (Å²) >= 11 is 0. The normalized spacial score (nSPS) is 11.1. The fourth-order valence-electron chi connectivity index (χ4n) is 2.55. The molecule has 28 heavy (non-hydrogen) atoms. The molecule has 0 atom stereocenters. The second-order valence-corrected chi connectivity index (χ2v) is 8.19. The second kappa shape index (κ2) is 9.36. The van der Waals surface area contributed by atoms with E-state index >= 15 is 0 Å². The second-order valence-electron chi connectivity index (χ2n) is 6.33. The Morgan fingerprint density at radius 3 is 2.18 bits per heavy atom. The van der Waals surface area contributed by atoms with Crippen LogP contribution in [0.4, 0.5) is 5.69 Å². The largest absolute Gasteiger partial charge is 0.452 e. The van der Waals surface area contributed by atoms with Gasteiger partial charge in [-0.15, -0.1) is 0 Å². The first-order valence-corrected chi connectivity index (χ1v) is 10.3. The molecule has 2 aromatic carbocycles. The summed E-state index contributed by atoms with van der Waals surface area (Å²) in [6.45, 7) is 5.22. The van der Waals surface area contributed by atoms with Crippen LogP contribution in [0.25, 0.3) is 0 Å². The van der Waals surface area contributed by atoms with E-state index in [1.165, 1.54) is 28.6 Å². The van der Waals surface area contributed by atoms with E-state index in [4.69, 9.17) is 4.74 Å². The standard InChI is InChI=1S/C20H24N2O5S/c1-4-22(17-8-6-5-7-9-17)28(25,26)18-12-10-16(11-13-18)20(24)27-14-19(23)21-15(2)3/h5-13,15H,4,14H2,1-3H3,(H,21,23). The fourth-order valence-corrected chi connectivity index (χ4v) is 4.03. The topological polar surface area (TPSA) is 92.8 Å².